The molecule has 1 fully saturated rings. The standard InChI is InChI=1S/C14H18F2N2O2.ClH/c1-9-8-17-6-5-12(9)18-13(19)10-3-2-4-11(7-10)20-14(15)16;/h2-4,7,9,12,14,17H,5-6,8H2,1H3,(H,18,19);1H. The molecule has 0 bridgehead atoms. The van der Waals surface area contributed by atoms with Gasteiger partial charge in [-0.25, -0.2) is 0 Å². The van der Waals surface area contributed by atoms with Gasteiger partial charge in [-0.1, -0.05) is 13.0 Å². The van der Waals surface area contributed by atoms with Crippen molar-refractivity contribution in [3.05, 3.63) is 29.8 Å². The molecule has 1 heterocycles. The van der Waals surface area contributed by atoms with Crippen molar-refractivity contribution >= 4 is 18.3 Å². The normalized spacial score (nSPS) is 21.5. The fourth-order valence-electron chi connectivity index (χ4n) is 2.29. The van der Waals surface area contributed by atoms with Crippen LogP contribution in [0.15, 0.2) is 24.3 Å². The summed E-state index contributed by atoms with van der Waals surface area (Å²) in [7, 11) is 0. The second kappa shape index (κ2) is 8.14. The summed E-state index contributed by atoms with van der Waals surface area (Å²) in [5.41, 5.74) is 0.328. The van der Waals surface area contributed by atoms with E-state index in [2.05, 4.69) is 22.3 Å². The van der Waals surface area contributed by atoms with E-state index in [0.29, 0.717) is 11.5 Å². The van der Waals surface area contributed by atoms with E-state index in [1.165, 1.54) is 18.2 Å². The molecule has 1 aromatic rings. The fraction of sp³-hybridized carbons (Fsp3) is 0.500. The summed E-state index contributed by atoms with van der Waals surface area (Å²) in [4.78, 5) is 12.1. The van der Waals surface area contributed by atoms with Crippen LogP contribution in [0.4, 0.5) is 8.78 Å². The first kappa shape index (κ1) is 17.7. The zero-order valence-electron chi connectivity index (χ0n) is 11.6. The van der Waals surface area contributed by atoms with E-state index >= 15 is 0 Å². The molecule has 1 aliphatic rings. The number of nitrogens with one attached hydrogen (secondary N) is 2. The van der Waals surface area contributed by atoms with Gasteiger partial charge in [0.2, 0.25) is 0 Å². The molecule has 2 unspecified atom stereocenters. The van der Waals surface area contributed by atoms with E-state index < -0.39 is 6.61 Å². The molecule has 7 heteroatoms. The average molecular weight is 321 g/mol. The van der Waals surface area contributed by atoms with Crippen LogP contribution in [-0.4, -0.2) is 31.7 Å². The highest BCUT2D eigenvalue weighted by atomic mass is 35.5. The maximum absolute atomic E-state index is 12.1. The highest BCUT2D eigenvalue weighted by Gasteiger charge is 2.23. The van der Waals surface area contributed by atoms with Crippen LogP contribution in [-0.2, 0) is 0 Å². The lowest BCUT2D eigenvalue weighted by Gasteiger charge is -2.30. The summed E-state index contributed by atoms with van der Waals surface area (Å²) in [6.45, 7) is 0.897. The lowest BCUT2D eigenvalue weighted by molar-refractivity contribution is -0.0498. The van der Waals surface area contributed by atoms with Crippen molar-refractivity contribution in [3.8, 4) is 5.75 Å². The topological polar surface area (TPSA) is 50.4 Å². The number of halogens is 3. The first-order valence-corrected chi connectivity index (χ1v) is 6.62. The summed E-state index contributed by atoms with van der Waals surface area (Å²) < 4.78 is 28.6. The van der Waals surface area contributed by atoms with Crippen LogP contribution in [0.5, 0.6) is 5.75 Å². The summed E-state index contributed by atoms with van der Waals surface area (Å²) in [6.07, 6.45) is 0.861. The van der Waals surface area contributed by atoms with E-state index in [0.717, 1.165) is 19.5 Å². The quantitative estimate of drug-likeness (QED) is 0.896. The third kappa shape index (κ3) is 5.13. The van der Waals surface area contributed by atoms with Gasteiger partial charge in [-0.05, 0) is 43.6 Å². The highest BCUT2D eigenvalue weighted by Crippen LogP contribution is 2.17. The fourth-order valence-corrected chi connectivity index (χ4v) is 2.29. The van der Waals surface area contributed by atoms with E-state index in [1.54, 1.807) is 6.07 Å². The Labute approximate surface area is 128 Å². The molecule has 4 nitrogen and oxygen atoms in total. The zero-order chi connectivity index (χ0) is 14.5. The van der Waals surface area contributed by atoms with Crippen molar-refractivity contribution in [1.29, 1.82) is 0 Å². The Hall–Kier alpha value is -1.40. The molecule has 1 saturated heterocycles. The summed E-state index contributed by atoms with van der Waals surface area (Å²) >= 11 is 0. The van der Waals surface area contributed by atoms with Gasteiger partial charge in [0.25, 0.3) is 5.91 Å². The maximum Gasteiger partial charge on any atom is 0.387 e. The lowest BCUT2D eigenvalue weighted by atomic mass is 9.95. The van der Waals surface area contributed by atoms with Gasteiger partial charge in [-0.3, -0.25) is 4.79 Å². The minimum absolute atomic E-state index is 0. The van der Waals surface area contributed by atoms with Crippen LogP contribution in [0.2, 0.25) is 0 Å². The Morgan fingerprint density at radius 1 is 1.48 bits per heavy atom. The minimum Gasteiger partial charge on any atom is -0.435 e. The van der Waals surface area contributed by atoms with Crippen molar-refractivity contribution in [1.82, 2.24) is 10.6 Å². The number of amides is 1. The Balaban J connectivity index is 0.00000220. The monoisotopic (exact) mass is 320 g/mol. The summed E-state index contributed by atoms with van der Waals surface area (Å²) in [5, 5.41) is 6.20. The molecule has 2 N–H and O–H groups in total. The van der Waals surface area contributed by atoms with Crippen molar-refractivity contribution in [2.45, 2.75) is 26.0 Å². The Kier molecular flexibility index (Phi) is 6.84. The van der Waals surface area contributed by atoms with Gasteiger partial charge in [-0.15, -0.1) is 12.4 Å². The van der Waals surface area contributed by atoms with Gasteiger partial charge in [0, 0.05) is 11.6 Å². The molecule has 0 radical (unpaired) electrons. The predicted octanol–water partition coefficient (Wildman–Crippen LogP) is 2.44. The molecule has 21 heavy (non-hydrogen) atoms. The van der Waals surface area contributed by atoms with Crippen LogP contribution in [0.25, 0.3) is 0 Å². The molecule has 0 saturated carbocycles. The number of piperidine rings is 1. The largest absolute Gasteiger partial charge is 0.435 e. The molecule has 2 atom stereocenters. The SMILES string of the molecule is CC1CNCCC1NC(=O)c1cccc(OC(F)F)c1.Cl. The van der Waals surface area contributed by atoms with Crippen LogP contribution in [0.3, 0.4) is 0 Å². The van der Waals surface area contributed by atoms with Crippen LogP contribution < -0.4 is 15.4 Å². The molecule has 118 valence electrons. The molecular weight excluding hydrogens is 302 g/mol. The van der Waals surface area contributed by atoms with Crippen molar-refractivity contribution in [2.75, 3.05) is 13.1 Å². The average Bonchev–Trinajstić information content (AvgIpc) is 2.41. The van der Waals surface area contributed by atoms with Crippen molar-refractivity contribution < 1.29 is 18.3 Å². The predicted molar refractivity (Wildman–Crippen MR) is 78.2 cm³/mol. The van der Waals surface area contributed by atoms with E-state index in [1.807, 2.05) is 0 Å². The van der Waals surface area contributed by atoms with Gasteiger partial charge in [-0.2, -0.15) is 8.78 Å². The Morgan fingerprint density at radius 3 is 2.90 bits per heavy atom. The van der Waals surface area contributed by atoms with Crippen LogP contribution in [0.1, 0.15) is 23.7 Å². The Morgan fingerprint density at radius 2 is 2.24 bits per heavy atom. The number of hydrogen-bond donors (Lipinski definition) is 2. The smallest absolute Gasteiger partial charge is 0.387 e. The van der Waals surface area contributed by atoms with Gasteiger partial charge in [0.1, 0.15) is 5.75 Å². The molecule has 1 aliphatic heterocycles. The summed E-state index contributed by atoms with van der Waals surface area (Å²) in [6, 6.07) is 5.93. The number of carbonyl (C=O) groups is 1. The van der Waals surface area contributed by atoms with Gasteiger partial charge in [0.15, 0.2) is 0 Å². The molecule has 0 aliphatic carbocycles. The number of benzene rings is 1. The first-order valence-electron chi connectivity index (χ1n) is 6.62. The molecule has 2 rings (SSSR count). The highest BCUT2D eigenvalue weighted by molar-refractivity contribution is 5.94. The minimum atomic E-state index is -2.89. The number of hydrogen-bond acceptors (Lipinski definition) is 3. The van der Waals surface area contributed by atoms with E-state index in [4.69, 9.17) is 0 Å². The number of carbonyl (C=O) groups excluding carboxylic acids is 1. The van der Waals surface area contributed by atoms with E-state index in [-0.39, 0.29) is 30.1 Å². The zero-order valence-corrected chi connectivity index (χ0v) is 12.5. The second-order valence-electron chi connectivity index (χ2n) is 4.96. The lowest BCUT2D eigenvalue weighted by Crippen LogP contribution is -2.48. The van der Waals surface area contributed by atoms with Gasteiger partial charge in [0.05, 0.1) is 0 Å². The molecular formula is C14H19ClF2N2O2. The van der Waals surface area contributed by atoms with Crippen molar-refractivity contribution in [3.63, 3.8) is 0 Å². The van der Waals surface area contributed by atoms with E-state index in [9.17, 15) is 13.6 Å². The van der Waals surface area contributed by atoms with Crippen LogP contribution >= 0.6 is 12.4 Å². The summed E-state index contributed by atoms with van der Waals surface area (Å²) in [5.74, 6) is 0.0719. The number of alkyl halides is 2. The van der Waals surface area contributed by atoms with Gasteiger partial charge >= 0.3 is 6.61 Å². The Bertz CT molecular complexity index is 474. The van der Waals surface area contributed by atoms with Crippen molar-refractivity contribution in [2.24, 2.45) is 5.92 Å². The molecule has 0 spiro atoms. The third-order valence-electron chi connectivity index (χ3n) is 3.42. The van der Waals surface area contributed by atoms with Crippen LogP contribution in [0, 0.1) is 5.92 Å². The first-order chi connectivity index (χ1) is 9.56. The number of rotatable bonds is 4. The number of ether oxygens (including phenoxy) is 1. The molecule has 1 amide bonds. The molecule has 1 aromatic carbocycles. The molecule has 0 aromatic heterocycles. The van der Waals surface area contributed by atoms with Gasteiger partial charge < -0.3 is 15.4 Å². The third-order valence-corrected chi connectivity index (χ3v) is 3.42. The second-order valence-corrected chi connectivity index (χ2v) is 4.96. The maximum atomic E-state index is 12.1.